The summed E-state index contributed by atoms with van der Waals surface area (Å²) in [6, 6.07) is 12.0. The van der Waals surface area contributed by atoms with Gasteiger partial charge in [0.25, 0.3) is 5.91 Å². The molecular formula is C31H29F2N7O4. The zero-order chi connectivity index (χ0) is 30.6. The Kier molecular flexibility index (Phi) is 6.78. The Morgan fingerprint density at radius 3 is 2.70 bits per heavy atom. The number of amides is 1. The number of aryl methyl sites for hydroxylation is 1. The molecule has 226 valence electrons. The van der Waals surface area contributed by atoms with Crippen molar-refractivity contribution in [3.63, 3.8) is 0 Å². The van der Waals surface area contributed by atoms with Crippen LogP contribution in [0.5, 0.6) is 17.2 Å². The van der Waals surface area contributed by atoms with Crippen LogP contribution < -0.4 is 14.8 Å². The van der Waals surface area contributed by atoms with E-state index in [1.54, 1.807) is 37.8 Å². The van der Waals surface area contributed by atoms with Gasteiger partial charge in [0, 0.05) is 38.7 Å². The van der Waals surface area contributed by atoms with Crippen LogP contribution in [0.3, 0.4) is 0 Å². The molecule has 2 N–H and O–H groups in total. The highest BCUT2D eigenvalue weighted by Gasteiger charge is 2.41. The molecule has 0 bridgehead atoms. The van der Waals surface area contributed by atoms with E-state index in [1.807, 2.05) is 30.1 Å². The first kappa shape index (κ1) is 27.9. The molecule has 1 aliphatic carbocycles. The number of ether oxygens (including phenoxy) is 2. The molecule has 44 heavy (non-hydrogen) atoms. The molecule has 0 unspecified atom stereocenters. The van der Waals surface area contributed by atoms with Gasteiger partial charge < -0.3 is 19.9 Å². The Morgan fingerprint density at radius 2 is 1.95 bits per heavy atom. The van der Waals surface area contributed by atoms with E-state index in [0.717, 1.165) is 24.0 Å². The minimum atomic E-state index is -3.09. The van der Waals surface area contributed by atoms with E-state index in [2.05, 4.69) is 20.5 Å². The quantitative estimate of drug-likeness (QED) is 0.248. The third-order valence-electron chi connectivity index (χ3n) is 7.84. The molecule has 2 aliphatic rings. The fourth-order valence-corrected chi connectivity index (χ4v) is 5.68. The second-order valence-electron chi connectivity index (χ2n) is 11.4. The predicted octanol–water partition coefficient (Wildman–Crippen LogP) is 4.79. The van der Waals surface area contributed by atoms with Crippen LogP contribution in [0, 0.1) is 0 Å². The molecule has 1 aliphatic heterocycles. The van der Waals surface area contributed by atoms with Crippen LogP contribution >= 0.6 is 0 Å². The molecule has 0 atom stereocenters. The molecule has 13 heteroatoms. The Bertz CT molecular complexity index is 1880. The average molecular weight is 602 g/mol. The molecule has 11 nitrogen and oxygen atoms in total. The number of likely N-dealkylation sites (N-methyl/N-ethyl adjacent to an activating group) is 1. The number of β-amino-alcohol motifs (C(OH)–C–C–N with tert-alkyl or cyclic N) is 1. The van der Waals surface area contributed by atoms with Crippen LogP contribution in [0.4, 0.5) is 14.5 Å². The van der Waals surface area contributed by atoms with Gasteiger partial charge in [0.2, 0.25) is 0 Å². The number of fused-ring (bicyclic) bond motifs is 1. The van der Waals surface area contributed by atoms with Crippen LogP contribution in [0.15, 0.2) is 67.3 Å². The first-order valence-electron chi connectivity index (χ1n) is 14.1. The van der Waals surface area contributed by atoms with Crippen molar-refractivity contribution in [1.29, 1.82) is 0 Å². The number of carbonyl (C=O) groups excluding carboxylic acids is 1. The van der Waals surface area contributed by atoms with E-state index in [-0.39, 0.29) is 28.3 Å². The molecule has 2 fully saturated rings. The van der Waals surface area contributed by atoms with Crippen LogP contribution in [-0.4, -0.2) is 67.0 Å². The number of aromatic nitrogens is 5. The summed E-state index contributed by atoms with van der Waals surface area (Å²) in [6.45, 7) is -2.06. The number of aliphatic hydroxyl groups is 1. The van der Waals surface area contributed by atoms with E-state index in [4.69, 9.17) is 9.47 Å². The SMILES string of the molecule is CN1CC(O)(c2cc(Oc3ccc(OC(F)F)c(-c4nn(C)cc4NC(=O)c4cnn5cccnc45)c3)cc(C3CC3)c2)C1. The van der Waals surface area contributed by atoms with Gasteiger partial charge in [-0.05, 0) is 73.3 Å². The van der Waals surface area contributed by atoms with Gasteiger partial charge in [-0.1, -0.05) is 6.07 Å². The van der Waals surface area contributed by atoms with Crippen LogP contribution in [-0.2, 0) is 12.6 Å². The molecule has 0 spiro atoms. The maximum atomic E-state index is 13.5. The van der Waals surface area contributed by atoms with Gasteiger partial charge in [-0.2, -0.15) is 19.0 Å². The fraction of sp³-hybridized carbons (Fsp3) is 0.290. The van der Waals surface area contributed by atoms with Crippen molar-refractivity contribution in [1.82, 2.24) is 29.3 Å². The molecular weight excluding hydrogens is 572 g/mol. The van der Waals surface area contributed by atoms with Crippen molar-refractivity contribution in [2.24, 2.45) is 7.05 Å². The van der Waals surface area contributed by atoms with Gasteiger partial charge >= 0.3 is 6.61 Å². The number of anilines is 1. The predicted molar refractivity (Wildman–Crippen MR) is 156 cm³/mol. The largest absolute Gasteiger partial charge is 0.457 e. The number of halogens is 2. The van der Waals surface area contributed by atoms with E-state index in [9.17, 15) is 18.7 Å². The highest BCUT2D eigenvalue weighted by atomic mass is 19.3. The van der Waals surface area contributed by atoms with Gasteiger partial charge in [-0.15, -0.1) is 0 Å². The van der Waals surface area contributed by atoms with Crippen LogP contribution in [0.2, 0.25) is 0 Å². The molecule has 5 aromatic rings. The topological polar surface area (TPSA) is 119 Å². The van der Waals surface area contributed by atoms with E-state index in [1.165, 1.54) is 27.5 Å². The molecule has 4 heterocycles. The molecule has 3 aromatic heterocycles. The molecule has 1 saturated carbocycles. The van der Waals surface area contributed by atoms with Crippen molar-refractivity contribution in [3.8, 4) is 28.5 Å². The second-order valence-corrected chi connectivity index (χ2v) is 11.4. The van der Waals surface area contributed by atoms with Gasteiger partial charge in [0.15, 0.2) is 5.65 Å². The third-order valence-corrected chi connectivity index (χ3v) is 7.84. The summed E-state index contributed by atoms with van der Waals surface area (Å²) >= 11 is 0. The minimum Gasteiger partial charge on any atom is -0.457 e. The van der Waals surface area contributed by atoms with Crippen molar-refractivity contribution < 1.29 is 28.2 Å². The van der Waals surface area contributed by atoms with Crippen molar-refractivity contribution >= 4 is 17.2 Å². The zero-order valence-corrected chi connectivity index (χ0v) is 23.9. The minimum absolute atomic E-state index is 0.140. The average Bonchev–Trinajstić information content (AvgIpc) is 3.64. The Labute approximate surface area is 250 Å². The summed E-state index contributed by atoms with van der Waals surface area (Å²) in [5.41, 5.74) is 2.15. The highest BCUT2D eigenvalue weighted by Crippen LogP contribution is 2.45. The number of benzene rings is 2. The Hall–Kier alpha value is -4.88. The van der Waals surface area contributed by atoms with Crippen LogP contribution in [0.25, 0.3) is 16.9 Å². The molecule has 1 amide bonds. The van der Waals surface area contributed by atoms with Crippen molar-refractivity contribution in [2.75, 3.05) is 25.5 Å². The first-order chi connectivity index (χ1) is 21.1. The second kappa shape index (κ2) is 10.7. The Balaban J connectivity index is 1.23. The summed E-state index contributed by atoms with van der Waals surface area (Å²) < 4.78 is 41.0. The van der Waals surface area contributed by atoms with Gasteiger partial charge in [-0.3, -0.25) is 14.4 Å². The number of nitrogens with one attached hydrogen (secondary N) is 1. The summed E-state index contributed by atoms with van der Waals surface area (Å²) in [5, 5.41) is 22.6. The Morgan fingerprint density at radius 1 is 1.14 bits per heavy atom. The zero-order valence-electron chi connectivity index (χ0n) is 23.9. The van der Waals surface area contributed by atoms with E-state index in [0.29, 0.717) is 36.2 Å². The van der Waals surface area contributed by atoms with Gasteiger partial charge in [0.05, 0.1) is 17.4 Å². The lowest BCUT2D eigenvalue weighted by molar-refractivity contribution is -0.0920. The van der Waals surface area contributed by atoms with Gasteiger partial charge in [0.1, 0.15) is 34.1 Å². The first-order valence-corrected chi connectivity index (χ1v) is 14.1. The number of carbonyl (C=O) groups is 1. The normalized spacial score (nSPS) is 16.2. The molecule has 2 aromatic carbocycles. The third kappa shape index (κ3) is 5.35. The molecule has 1 saturated heterocycles. The smallest absolute Gasteiger partial charge is 0.387 e. The number of hydrogen-bond acceptors (Lipinski definition) is 8. The summed E-state index contributed by atoms with van der Waals surface area (Å²) in [7, 11) is 3.60. The lowest BCUT2D eigenvalue weighted by Gasteiger charge is -2.45. The van der Waals surface area contributed by atoms with Crippen molar-refractivity contribution in [3.05, 3.63) is 83.9 Å². The fourth-order valence-electron chi connectivity index (χ4n) is 5.68. The highest BCUT2D eigenvalue weighted by molar-refractivity contribution is 6.09. The lowest BCUT2D eigenvalue weighted by atomic mass is 9.85. The number of rotatable bonds is 9. The standard InChI is InChI=1S/C31H29F2N7O4/c1-38-16-31(42,17-38)20-10-19(18-4-5-18)11-22(12-20)43-21-6-7-26(44-30(32)33)23(13-21)27-25(15-39(2)37-27)36-29(41)24-14-35-40-9-3-8-34-28(24)40/h3,6-15,18,30,42H,4-5,16-17H2,1-2H3,(H,36,41). The summed E-state index contributed by atoms with van der Waals surface area (Å²) in [4.78, 5) is 19.5. The maximum absolute atomic E-state index is 13.5. The molecule has 7 rings (SSSR count). The maximum Gasteiger partial charge on any atom is 0.387 e. The van der Waals surface area contributed by atoms with E-state index < -0.39 is 18.1 Å². The van der Waals surface area contributed by atoms with Crippen LogP contribution in [0.1, 0.15) is 40.2 Å². The summed E-state index contributed by atoms with van der Waals surface area (Å²) in [6.07, 6.45) is 8.33. The number of alkyl halides is 2. The lowest BCUT2D eigenvalue weighted by Crippen LogP contribution is -2.57. The number of hydrogen-bond donors (Lipinski definition) is 2. The number of likely N-dealkylation sites (tertiary alicyclic amines) is 1. The van der Waals surface area contributed by atoms with Crippen molar-refractivity contribution in [2.45, 2.75) is 31.0 Å². The summed E-state index contributed by atoms with van der Waals surface area (Å²) in [5.74, 6) is 0.641. The number of nitrogens with zero attached hydrogens (tertiary/aromatic N) is 6. The monoisotopic (exact) mass is 601 g/mol. The molecule has 0 radical (unpaired) electrons. The van der Waals surface area contributed by atoms with Gasteiger partial charge in [-0.25, -0.2) is 9.50 Å². The van der Waals surface area contributed by atoms with E-state index >= 15 is 0 Å².